The van der Waals surface area contributed by atoms with Crippen molar-refractivity contribution in [2.45, 2.75) is 52.2 Å². The van der Waals surface area contributed by atoms with Crippen molar-refractivity contribution < 1.29 is 19.1 Å². The zero-order chi connectivity index (χ0) is 26.3. The molecule has 1 aromatic carbocycles. The third-order valence-corrected chi connectivity index (χ3v) is 7.56. The van der Waals surface area contributed by atoms with E-state index in [1.54, 1.807) is 25.2 Å². The minimum absolute atomic E-state index is 0.0353. The lowest BCUT2D eigenvalue weighted by molar-refractivity contribution is -0.119. The van der Waals surface area contributed by atoms with Gasteiger partial charge in [-0.15, -0.1) is 0 Å². The van der Waals surface area contributed by atoms with Crippen molar-refractivity contribution >= 4 is 17.6 Å². The molecule has 37 heavy (non-hydrogen) atoms. The second-order valence-electron chi connectivity index (χ2n) is 10.3. The Labute approximate surface area is 215 Å². The summed E-state index contributed by atoms with van der Waals surface area (Å²) < 4.78 is 16.7. The van der Waals surface area contributed by atoms with Crippen LogP contribution in [-0.2, 0) is 18.4 Å². The van der Waals surface area contributed by atoms with Gasteiger partial charge in [0.05, 0.1) is 6.61 Å². The minimum atomic E-state index is -0.752. The number of aromatic nitrogens is 3. The average Bonchev–Trinajstić information content (AvgIpc) is 3.80. The van der Waals surface area contributed by atoms with E-state index in [1.165, 1.54) is 10.9 Å². The number of carbonyl (C=O) groups excluding carboxylic acids is 2. The quantitative estimate of drug-likeness (QED) is 0.382. The summed E-state index contributed by atoms with van der Waals surface area (Å²) in [6, 6.07) is 7.74. The second-order valence-corrected chi connectivity index (χ2v) is 10.3. The van der Waals surface area contributed by atoms with Crippen LogP contribution in [0.3, 0.4) is 0 Å². The number of nitrogens with zero attached hydrogens (tertiary/aromatic N) is 3. The fourth-order valence-electron chi connectivity index (χ4n) is 5.33. The fourth-order valence-corrected chi connectivity index (χ4v) is 5.33. The number of benzene rings is 1. The molecule has 5 rings (SSSR count). The van der Waals surface area contributed by atoms with Gasteiger partial charge in [-0.25, -0.2) is 4.98 Å². The largest absolute Gasteiger partial charge is 0.392 e. The summed E-state index contributed by atoms with van der Waals surface area (Å²) in [7, 11) is 1.68. The maximum Gasteiger partial charge on any atom is 0.270 e. The van der Waals surface area contributed by atoms with Crippen LogP contribution < -0.4 is 10.6 Å². The predicted molar refractivity (Wildman–Crippen MR) is 137 cm³/mol. The standard InChI is InChI=1S/C28H32FN5O3/c1-15-12-19(14-35)16(2)21(13-15)20-8-9-23(31-26(20)29)32-28(37)25(24(17-4-5-17)18-6-7-18)33-27(36)22-10-11-30-34(22)3/h8-13,17-18,24-25,35H,4-7,14H2,1-3H3,(H,33,36)(H,31,32,37)/t25-/m0/s1. The van der Waals surface area contributed by atoms with Crippen molar-refractivity contribution in [3.05, 3.63) is 64.9 Å². The molecule has 0 unspecified atom stereocenters. The molecule has 2 aliphatic rings. The maximum absolute atomic E-state index is 15.2. The molecule has 3 N–H and O–H groups in total. The summed E-state index contributed by atoms with van der Waals surface area (Å²) in [5.74, 6) is -0.563. The number of hydrogen-bond donors (Lipinski definition) is 3. The monoisotopic (exact) mass is 505 g/mol. The van der Waals surface area contributed by atoms with E-state index in [0.29, 0.717) is 28.7 Å². The Hall–Kier alpha value is -3.59. The Kier molecular flexibility index (Phi) is 6.81. The van der Waals surface area contributed by atoms with Crippen LogP contribution in [0, 0.1) is 37.5 Å². The van der Waals surface area contributed by atoms with Crippen LogP contribution in [-0.4, -0.2) is 37.7 Å². The number of anilines is 1. The molecule has 1 atom stereocenters. The van der Waals surface area contributed by atoms with Crippen LogP contribution in [0.2, 0.25) is 0 Å². The van der Waals surface area contributed by atoms with Gasteiger partial charge in [0.2, 0.25) is 11.9 Å². The summed E-state index contributed by atoms with van der Waals surface area (Å²) in [4.78, 5) is 30.6. The molecule has 0 spiro atoms. The van der Waals surface area contributed by atoms with Crippen molar-refractivity contribution in [2.24, 2.45) is 24.8 Å². The van der Waals surface area contributed by atoms with Crippen LogP contribution in [0.4, 0.5) is 10.2 Å². The molecule has 0 radical (unpaired) electrons. The van der Waals surface area contributed by atoms with Crippen LogP contribution in [0.5, 0.6) is 0 Å². The number of nitrogens with one attached hydrogen (secondary N) is 2. The van der Waals surface area contributed by atoms with Crippen molar-refractivity contribution in [1.82, 2.24) is 20.1 Å². The van der Waals surface area contributed by atoms with E-state index in [-0.39, 0.29) is 24.2 Å². The number of pyridine rings is 1. The van der Waals surface area contributed by atoms with E-state index in [1.807, 2.05) is 26.0 Å². The average molecular weight is 506 g/mol. The first-order valence-electron chi connectivity index (χ1n) is 12.7. The van der Waals surface area contributed by atoms with Crippen molar-refractivity contribution in [3.63, 3.8) is 0 Å². The van der Waals surface area contributed by atoms with Gasteiger partial charge in [-0.2, -0.15) is 9.49 Å². The molecule has 2 saturated carbocycles. The molecule has 3 aromatic rings. The lowest BCUT2D eigenvalue weighted by Gasteiger charge is -2.27. The minimum Gasteiger partial charge on any atom is -0.392 e. The number of rotatable bonds is 9. The van der Waals surface area contributed by atoms with Gasteiger partial charge in [0.25, 0.3) is 5.91 Å². The van der Waals surface area contributed by atoms with Gasteiger partial charge in [-0.05, 0) is 92.2 Å². The van der Waals surface area contributed by atoms with E-state index >= 15 is 4.39 Å². The zero-order valence-corrected chi connectivity index (χ0v) is 21.3. The topological polar surface area (TPSA) is 109 Å². The normalized spacial score (nSPS) is 16.1. The Bertz CT molecular complexity index is 1330. The molecule has 2 aromatic heterocycles. The molecule has 2 aliphatic carbocycles. The van der Waals surface area contributed by atoms with Crippen molar-refractivity contribution in [3.8, 4) is 11.1 Å². The fraction of sp³-hybridized carbons (Fsp3) is 0.429. The summed E-state index contributed by atoms with van der Waals surface area (Å²) in [6.07, 6.45) is 5.70. The number of aliphatic hydroxyl groups excluding tert-OH is 1. The number of aliphatic hydroxyl groups is 1. The molecule has 0 saturated heterocycles. The first kappa shape index (κ1) is 25.1. The van der Waals surface area contributed by atoms with Crippen LogP contribution in [0.1, 0.15) is 52.9 Å². The van der Waals surface area contributed by atoms with E-state index in [2.05, 4.69) is 20.7 Å². The van der Waals surface area contributed by atoms with Gasteiger partial charge in [-0.1, -0.05) is 17.7 Å². The summed E-state index contributed by atoms with van der Waals surface area (Å²) >= 11 is 0. The van der Waals surface area contributed by atoms with Gasteiger partial charge < -0.3 is 15.7 Å². The summed E-state index contributed by atoms with van der Waals surface area (Å²) in [6.45, 7) is 3.58. The van der Waals surface area contributed by atoms with Gasteiger partial charge in [-0.3, -0.25) is 14.3 Å². The van der Waals surface area contributed by atoms with Gasteiger partial charge in [0, 0.05) is 18.8 Å². The third kappa shape index (κ3) is 5.27. The lowest BCUT2D eigenvalue weighted by atomic mass is 9.88. The summed E-state index contributed by atoms with van der Waals surface area (Å²) in [5, 5.41) is 19.4. The number of halogens is 1. The molecule has 2 amide bonds. The van der Waals surface area contributed by atoms with Crippen molar-refractivity contribution in [1.29, 1.82) is 0 Å². The lowest BCUT2D eigenvalue weighted by Crippen LogP contribution is -2.50. The van der Waals surface area contributed by atoms with Gasteiger partial charge >= 0.3 is 0 Å². The Morgan fingerprint density at radius 1 is 1.11 bits per heavy atom. The smallest absolute Gasteiger partial charge is 0.270 e. The third-order valence-electron chi connectivity index (χ3n) is 7.56. The SMILES string of the molecule is Cc1cc(CO)c(C)c(-c2ccc(NC(=O)[C@@H](NC(=O)c3ccnn3C)C(C3CC3)C3CC3)nc2F)c1. The van der Waals surface area contributed by atoms with Crippen LogP contribution in [0.25, 0.3) is 11.1 Å². The zero-order valence-electron chi connectivity index (χ0n) is 21.3. The molecule has 194 valence electrons. The Balaban J connectivity index is 1.39. The Morgan fingerprint density at radius 3 is 2.38 bits per heavy atom. The first-order valence-corrected chi connectivity index (χ1v) is 12.7. The molecule has 2 heterocycles. The molecular formula is C28H32FN5O3. The highest BCUT2D eigenvalue weighted by Crippen LogP contribution is 2.51. The molecule has 9 heteroatoms. The predicted octanol–water partition coefficient (Wildman–Crippen LogP) is 3.90. The van der Waals surface area contributed by atoms with E-state index < -0.39 is 17.9 Å². The van der Waals surface area contributed by atoms with E-state index in [0.717, 1.165) is 42.4 Å². The molecular weight excluding hydrogens is 473 g/mol. The molecule has 0 bridgehead atoms. The van der Waals surface area contributed by atoms with Gasteiger partial charge in [0.1, 0.15) is 17.6 Å². The van der Waals surface area contributed by atoms with E-state index in [4.69, 9.17) is 0 Å². The second kappa shape index (κ2) is 10.0. The summed E-state index contributed by atoms with van der Waals surface area (Å²) in [5.41, 5.74) is 3.72. The van der Waals surface area contributed by atoms with Crippen LogP contribution in [0.15, 0.2) is 36.5 Å². The highest BCUT2D eigenvalue weighted by molar-refractivity contribution is 6.00. The number of hydrogen-bond acceptors (Lipinski definition) is 5. The number of aryl methyl sites for hydroxylation is 2. The van der Waals surface area contributed by atoms with Crippen LogP contribution >= 0.6 is 0 Å². The molecule has 2 fully saturated rings. The highest BCUT2D eigenvalue weighted by Gasteiger charge is 2.48. The maximum atomic E-state index is 15.2. The van der Waals surface area contributed by atoms with Gasteiger partial charge in [0.15, 0.2) is 0 Å². The van der Waals surface area contributed by atoms with E-state index in [9.17, 15) is 14.7 Å². The highest BCUT2D eigenvalue weighted by atomic mass is 19.1. The van der Waals surface area contributed by atoms with Crippen molar-refractivity contribution in [2.75, 3.05) is 5.32 Å². The number of carbonyl (C=O) groups is 2. The molecule has 0 aliphatic heterocycles. The Morgan fingerprint density at radius 2 is 1.81 bits per heavy atom. The molecule has 8 nitrogen and oxygen atoms in total. The first-order chi connectivity index (χ1) is 17.8. The number of amides is 2.